The van der Waals surface area contributed by atoms with Crippen LogP contribution in [0.3, 0.4) is 0 Å². The van der Waals surface area contributed by atoms with Crippen LogP contribution >= 0.6 is 0 Å². The molecule has 1 aromatic rings. The molecule has 0 radical (unpaired) electrons. The maximum atomic E-state index is 12.1. The van der Waals surface area contributed by atoms with Crippen molar-refractivity contribution in [2.45, 2.75) is 20.3 Å². The molecule has 5 nitrogen and oxygen atoms in total. The van der Waals surface area contributed by atoms with Gasteiger partial charge in [-0.15, -0.1) is 0 Å². The maximum absolute atomic E-state index is 12.1. The van der Waals surface area contributed by atoms with Gasteiger partial charge >= 0.3 is 0 Å². The minimum atomic E-state index is -0.0280. The number of methoxy groups -OCH3 is 1. The third kappa shape index (κ3) is 3.74. The number of benzene rings is 1. The van der Waals surface area contributed by atoms with Crippen LogP contribution in [-0.4, -0.2) is 32.0 Å². The Morgan fingerprint density at radius 3 is 2.62 bits per heavy atom. The zero-order valence-corrected chi connectivity index (χ0v) is 12.8. The van der Waals surface area contributed by atoms with Crippen LogP contribution in [0.25, 0.3) is 0 Å². The molecule has 21 heavy (non-hydrogen) atoms. The highest BCUT2D eigenvalue weighted by molar-refractivity contribution is 5.95. The standard InChI is InChI=1S/C16H22N2O3/c1-11(2)16(20)17-9-12-8-15(19)18(10-12)13-4-6-14(21-3)7-5-13/h4-7,11-12H,8-10H2,1-3H3,(H,17,20)/t12-/m1/s1. The Hall–Kier alpha value is -2.04. The van der Waals surface area contributed by atoms with Crippen molar-refractivity contribution in [3.8, 4) is 5.75 Å². The van der Waals surface area contributed by atoms with Crippen molar-refractivity contribution in [1.82, 2.24) is 5.32 Å². The number of hydrogen-bond donors (Lipinski definition) is 1. The van der Waals surface area contributed by atoms with Gasteiger partial charge < -0.3 is 15.0 Å². The van der Waals surface area contributed by atoms with Crippen LogP contribution in [0.2, 0.25) is 0 Å². The molecule has 0 saturated carbocycles. The number of rotatable bonds is 5. The van der Waals surface area contributed by atoms with E-state index in [0.717, 1.165) is 11.4 Å². The van der Waals surface area contributed by atoms with Gasteiger partial charge in [0.15, 0.2) is 0 Å². The summed E-state index contributed by atoms with van der Waals surface area (Å²) in [6, 6.07) is 7.45. The maximum Gasteiger partial charge on any atom is 0.227 e. The molecule has 1 atom stereocenters. The molecule has 1 aliphatic rings. The third-order valence-electron chi connectivity index (χ3n) is 3.68. The summed E-state index contributed by atoms with van der Waals surface area (Å²) >= 11 is 0. The lowest BCUT2D eigenvalue weighted by molar-refractivity contribution is -0.124. The normalized spacial score (nSPS) is 18.2. The molecule has 1 N–H and O–H groups in total. The second kappa shape index (κ2) is 6.61. The number of anilines is 1. The van der Waals surface area contributed by atoms with E-state index in [2.05, 4.69) is 5.32 Å². The Kier molecular flexibility index (Phi) is 4.83. The molecule has 0 bridgehead atoms. The molecule has 0 aromatic heterocycles. The van der Waals surface area contributed by atoms with Crippen molar-refractivity contribution in [2.75, 3.05) is 25.1 Å². The first kappa shape index (κ1) is 15.4. The van der Waals surface area contributed by atoms with E-state index in [-0.39, 0.29) is 23.7 Å². The van der Waals surface area contributed by atoms with Gasteiger partial charge in [-0.05, 0) is 24.3 Å². The number of amides is 2. The fraction of sp³-hybridized carbons (Fsp3) is 0.500. The van der Waals surface area contributed by atoms with Crippen molar-refractivity contribution < 1.29 is 14.3 Å². The average Bonchev–Trinajstić information content (AvgIpc) is 2.85. The minimum absolute atomic E-state index is 0.0280. The molecule has 1 saturated heterocycles. The topological polar surface area (TPSA) is 58.6 Å². The van der Waals surface area contributed by atoms with Crippen molar-refractivity contribution in [1.29, 1.82) is 0 Å². The molecule has 1 aliphatic heterocycles. The summed E-state index contributed by atoms with van der Waals surface area (Å²) in [7, 11) is 1.61. The van der Waals surface area contributed by atoms with Crippen molar-refractivity contribution in [3.63, 3.8) is 0 Å². The van der Waals surface area contributed by atoms with Crippen LogP contribution in [-0.2, 0) is 9.59 Å². The van der Waals surface area contributed by atoms with E-state index in [4.69, 9.17) is 4.74 Å². The van der Waals surface area contributed by atoms with Crippen molar-refractivity contribution in [2.24, 2.45) is 11.8 Å². The molecular formula is C16H22N2O3. The molecule has 2 amide bonds. The lowest BCUT2D eigenvalue weighted by Gasteiger charge is -2.17. The van der Waals surface area contributed by atoms with Gasteiger partial charge in [-0.1, -0.05) is 13.8 Å². The van der Waals surface area contributed by atoms with Crippen LogP contribution in [0.1, 0.15) is 20.3 Å². The van der Waals surface area contributed by atoms with E-state index in [1.165, 1.54) is 0 Å². The molecule has 114 valence electrons. The Labute approximate surface area is 125 Å². The van der Waals surface area contributed by atoms with Crippen molar-refractivity contribution in [3.05, 3.63) is 24.3 Å². The Balaban J connectivity index is 1.94. The predicted molar refractivity (Wildman–Crippen MR) is 81.3 cm³/mol. The molecule has 5 heteroatoms. The summed E-state index contributed by atoms with van der Waals surface area (Å²) < 4.78 is 5.12. The zero-order chi connectivity index (χ0) is 15.4. The first-order valence-corrected chi connectivity index (χ1v) is 7.23. The molecule has 1 fully saturated rings. The van der Waals surface area contributed by atoms with Crippen LogP contribution < -0.4 is 15.0 Å². The number of hydrogen-bond acceptors (Lipinski definition) is 3. The van der Waals surface area contributed by atoms with E-state index in [9.17, 15) is 9.59 Å². The highest BCUT2D eigenvalue weighted by Gasteiger charge is 2.30. The van der Waals surface area contributed by atoms with E-state index < -0.39 is 0 Å². The van der Waals surface area contributed by atoms with Gasteiger partial charge in [0.1, 0.15) is 5.75 Å². The largest absolute Gasteiger partial charge is 0.497 e. The van der Waals surface area contributed by atoms with Gasteiger partial charge in [-0.25, -0.2) is 0 Å². The lowest BCUT2D eigenvalue weighted by atomic mass is 10.1. The molecule has 1 aromatic carbocycles. The second-order valence-corrected chi connectivity index (χ2v) is 5.67. The van der Waals surface area contributed by atoms with Gasteiger partial charge in [0.05, 0.1) is 7.11 Å². The highest BCUT2D eigenvalue weighted by Crippen LogP contribution is 2.26. The van der Waals surface area contributed by atoms with Crippen molar-refractivity contribution >= 4 is 17.5 Å². The lowest BCUT2D eigenvalue weighted by Crippen LogP contribution is -2.33. The molecule has 0 spiro atoms. The van der Waals surface area contributed by atoms with Gasteiger partial charge in [-0.3, -0.25) is 9.59 Å². The fourth-order valence-electron chi connectivity index (χ4n) is 2.38. The quantitative estimate of drug-likeness (QED) is 0.900. The zero-order valence-electron chi connectivity index (χ0n) is 12.8. The SMILES string of the molecule is COc1ccc(N2C[C@@H](CNC(=O)C(C)C)CC2=O)cc1. The first-order valence-electron chi connectivity index (χ1n) is 7.23. The summed E-state index contributed by atoms with van der Waals surface area (Å²) in [5.74, 6) is 1.04. The second-order valence-electron chi connectivity index (χ2n) is 5.67. The molecule has 0 aliphatic carbocycles. The van der Waals surface area contributed by atoms with E-state index in [1.807, 2.05) is 38.1 Å². The van der Waals surface area contributed by atoms with E-state index in [1.54, 1.807) is 12.0 Å². The van der Waals surface area contributed by atoms with Crippen LogP contribution in [0.15, 0.2) is 24.3 Å². The summed E-state index contributed by atoms with van der Waals surface area (Å²) in [6.45, 7) is 4.91. The molecule has 2 rings (SSSR count). The fourth-order valence-corrected chi connectivity index (χ4v) is 2.38. The van der Waals surface area contributed by atoms with Gasteiger partial charge in [0, 0.05) is 37.0 Å². The number of carbonyl (C=O) groups excluding carboxylic acids is 2. The van der Waals surface area contributed by atoms with Crippen LogP contribution in [0.5, 0.6) is 5.75 Å². The smallest absolute Gasteiger partial charge is 0.227 e. The Morgan fingerprint density at radius 1 is 1.38 bits per heavy atom. The summed E-state index contributed by atoms with van der Waals surface area (Å²) in [5, 5.41) is 2.90. The Bertz CT molecular complexity index is 511. The summed E-state index contributed by atoms with van der Waals surface area (Å²) in [6.07, 6.45) is 0.477. The third-order valence-corrected chi connectivity index (χ3v) is 3.68. The van der Waals surface area contributed by atoms with Crippen LogP contribution in [0, 0.1) is 11.8 Å². The summed E-state index contributed by atoms with van der Waals surface area (Å²) in [5.41, 5.74) is 0.874. The number of nitrogens with one attached hydrogen (secondary N) is 1. The minimum Gasteiger partial charge on any atom is -0.497 e. The van der Waals surface area contributed by atoms with Gasteiger partial charge in [0.2, 0.25) is 11.8 Å². The average molecular weight is 290 g/mol. The van der Waals surface area contributed by atoms with Crippen LogP contribution in [0.4, 0.5) is 5.69 Å². The number of ether oxygens (including phenoxy) is 1. The highest BCUT2D eigenvalue weighted by atomic mass is 16.5. The van der Waals surface area contributed by atoms with E-state index in [0.29, 0.717) is 19.5 Å². The van der Waals surface area contributed by atoms with Gasteiger partial charge in [0.25, 0.3) is 0 Å². The molecular weight excluding hydrogens is 268 g/mol. The molecule has 0 unspecified atom stereocenters. The number of carbonyl (C=O) groups is 2. The van der Waals surface area contributed by atoms with E-state index >= 15 is 0 Å². The Morgan fingerprint density at radius 2 is 2.05 bits per heavy atom. The monoisotopic (exact) mass is 290 g/mol. The predicted octanol–water partition coefficient (Wildman–Crippen LogP) is 1.82. The number of nitrogens with zero attached hydrogens (tertiary/aromatic N) is 1. The summed E-state index contributed by atoms with van der Waals surface area (Å²) in [4.78, 5) is 25.4. The molecule has 1 heterocycles. The first-order chi connectivity index (χ1) is 10.0. The van der Waals surface area contributed by atoms with Gasteiger partial charge in [-0.2, -0.15) is 0 Å².